The predicted octanol–water partition coefficient (Wildman–Crippen LogP) is 3.94. The third kappa shape index (κ3) is 3.50. The van der Waals surface area contributed by atoms with Crippen molar-refractivity contribution in [3.05, 3.63) is 70.9 Å². The van der Waals surface area contributed by atoms with Crippen LogP contribution >= 0.6 is 0 Å². The first-order valence-corrected chi connectivity index (χ1v) is 9.62. The number of carbonyl (C=O) groups excluding carboxylic acids is 1. The highest BCUT2D eigenvalue weighted by molar-refractivity contribution is 5.89. The lowest BCUT2D eigenvalue weighted by molar-refractivity contribution is 0.0600. The van der Waals surface area contributed by atoms with Crippen LogP contribution in [0.15, 0.2) is 48.5 Å². The summed E-state index contributed by atoms with van der Waals surface area (Å²) >= 11 is 0. The van der Waals surface area contributed by atoms with Gasteiger partial charge in [-0.1, -0.05) is 30.3 Å². The normalized spacial score (nSPS) is 16.7. The van der Waals surface area contributed by atoms with Crippen LogP contribution in [0.2, 0.25) is 0 Å². The number of nitrogens with zero attached hydrogens (tertiary/aromatic N) is 1. The lowest BCUT2D eigenvalue weighted by Crippen LogP contribution is -2.15. The number of methoxy groups -OCH3 is 1. The second-order valence-corrected chi connectivity index (χ2v) is 7.42. The van der Waals surface area contributed by atoms with Gasteiger partial charge in [-0.3, -0.25) is 0 Å². The van der Waals surface area contributed by atoms with E-state index in [1.807, 2.05) is 24.3 Å². The first kappa shape index (κ1) is 17.8. The van der Waals surface area contributed by atoms with E-state index in [9.17, 15) is 4.79 Å². The van der Waals surface area contributed by atoms with E-state index in [1.165, 1.54) is 41.3 Å². The lowest BCUT2D eigenvalue weighted by Gasteiger charge is -2.14. The van der Waals surface area contributed by atoms with Gasteiger partial charge in [0.2, 0.25) is 0 Å². The molecule has 140 valence electrons. The Morgan fingerprint density at radius 2 is 1.96 bits per heavy atom. The van der Waals surface area contributed by atoms with Crippen molar-refractivity contribution >= 4 is 16.9 Å². The van der Waals surface area contributed by atoms with E-state index in [-0.39, 0.29) is 5.97 Å². The van der Waals surface area contributed by atoms with E-state index in [2.05, 4.69) is 41.1 Å². The fourth-order valence-electron chi connectivity index (χ4n) is 4.17. The Hall–Kier alpha value is -2.59. The number of aromatic nitrogens is 1. The average molecular weight is 362 g/mol. The summed E-state index contributed by atoms with van der Waals surface area (Å²) in [5, 5.41) is 4.81. The Labute approximate surface area is 160 Å². The molecule has 2 aromatic carbocycles. The van der Waals surface area contributed by atoms with E-state index in [4.69, 9.17) is 4.74 Å². The van der Waals surface area contributed by atoms with Crippen LogP contribution < -0.4 is 5.32 Å². The maximum Gasteiger partial charge on any atom is 0.337 e. The number of hydrogen-bond donors (Lipinski definition) is 1. The molecule has 4 nitrogen and oxygen atoms in total. The van der Waals surface area contributed by atoms with Gasteiger partial charge in [-0.25, -0.2) is 4.79 Å². The molecule has 1 saturated heterocycles. The number of para-hydroxylation sites is 1. The Kier molecular flexibility index (Phi) is 4.99. The lowest BCUT2D eigenvalue weighted by atomic mass is 10.0. The van der Waals surface area contributed by atoms with Gasteiger partial charge in [-0.05, 0) is 68.1 Å². The van der Waals surface area contributed by atoms with E-state index in [0.29, 0.717) is 11.5 Å². The zero-order valence-electron chi connectivity index (χ0n) is 16.0. The third-order valence-electron chi connectivity index (χ3n) is 5.72. The number of esters is 1. The van der Waals surface area contributed by atoms with Crippen LogP contribution in [0.5, 0.6) is 0 Å². The van der Waals surface area contributed by atoms with Crippen LogP contribution in [0.1, 0.15) is 33.6 Å². The van der Waals surface area contributed by atoms with Gasteiger partial charge in [0.25, 0.3) is 0 Å². The number of fused-ring (bicyclic) bond motifs is 1. The molecule has 1 fully saturated rings. The third-order valence-corrected chi connectivity index (χ3v) is 5.72. The minimum atomic E-state index is -0.292. The fraction of sp³-hybridized carbons (Fsp3) is 0.348. The SMILES string of the molecule is COC(=O)c1ccc(Cc2c(C)n(CC3CCNC3)c3ccccc23)cc1. The van der Waals surface area contributed by atoms with Crippen molar-refractivity contribution in [3.63, 3.8) is 0 Å². The molecule has 1 aliphatic heterocycles. The molecule has 0 bridgehead atoms. The Morgan fingerprint density at radius 3 is 2.67 bits per heavy atom. The molecular formula is C23H26N2O2. The monoisotopic (exact) mass is 362 g/mol. The largest absolute Gasteiger partial charge is 0.465 e. The number of nitrogens with one attached hydrogen (secondary N) is 1. The highest BCUT2D eigenvalue weighted by Gasteiger charge is 2.20. The van der Waals surface area contributed by atoms with Crippen LogP contribution in [0.25, 0.3) is 10.9 Å². The summed E-state index contributed by atoms with van der Waals surface area (Å²) in [6.45, 7) is 5.54. The van der Waals surface area contributed by atoms with Crippen LogP contribution in [-0.4, -0.2) is 30.7 Å². The minimum Gasteiger partial charge on any atom is -0.465 e. The van der Waals surface area contributed by atoms with Crippen molar-refractivity contribution in [1.82, 2.24) is 9.88 Å². The zero-order chi connectivity index (χ0) is 18.8. The molecule has 0 saturated carbocycles. The minimum absolute atomic E-state index is 0.292. The Balaban J connectivity index is 1.67. The fourth-order valence-corrected chi connectivity index (χ4v) is 4.17. The van der Waals surface area contributed by atoms with Crippen molar-refractivity contribution in [2.45, 2.75) is 26.3 Å². The number of benzene rings is 2. The molecule has 0 amide bonds. The van der Waals surface area contributed by atoms with E-state index >= 15 is 0 Å². The summed E-state index contributed by atoms with van der Waals surface area (Å²) in [5.74, 6) is 0.409. The maximum absolute atomic E-state index is 11.6. The van der Waals surface area contributed by atoms with Crippen molar-refractivity contribution in [2.75, 3.05) is 20.2 Å². The first-order chi connectivity index (χ1) is 13.2. The zero-order valence-corrected chi connectivity index (χ0v) is 16.0. The van der Waals surface area contributed by atoms with Crippen molar-refractivity contribution in [3.8, 4) is 0 Å². The standard InChI is InChI=1S/C23H26N2O2/c1-16-21(13-17-7-9-19(10-8-17)23(26)27-2)20-5-3-4-6-22(20)25(16)15-18-11-12-24-14-18/h3-10,18,24H,11-15H2,1-2H3. The summed E-state index contributed by atoms with van der Waals surface area (Å²) in [7, 11) is 1.41. The molecule has 3 aromatic rings. The molecule has 1 atom stereocenters. The number of rotatable bonds is 5. The Morgan fingerprint density at radius 1 is 1.19 bits per heavy atom. The van der Waals surface area contributed by atoms with Gasteiger partial charge in [0.1, 0.15) is 0 Å². The van der Waals surface area contributed by atoms with Crippen molar-refractivity contribution < 1.29 is 9.53 Å². The van der Waals surface area contributed by atoms with Gasteiger partial charge in [0.05, 0.1) is 12.7 Å². The second kappa shape index (κ2) is 7.57. The molecule has 1 aromatic heterocycles. The van der Waals surface area contributed by atoms with Gasteiger partial charge >= 0.3 is 5.97 Å². The molecular weight excluding hydrogens is 336 g/mol. The Bertz CT molecular complexity index is 950. The molecule has 4 rings (SSSR count). The number of hydrogen-bond acceptors (Lipinski definition) is 3. The highest BCUT2D eigenvalue weighted by Crippen LogP contribution is 2.29. The summed E-state index contributed by atoms with van der Waals surface area (Å²) in [6.07, 6.45) is 2.11. The van der Waals surface area contributed by atoms with Gasteiger partial charge in [0.15, 0.2) is 0 Å². The van der Waals surface area contributed by atoms with Crippen LogP contribution in [0.4, 0.5) is 0 Å². The van der Waals surface area contributed by atoms with Gasteiger partial charge in [-0.2, -0.15) is 0 Å². The van der Waals surface area contributed by atoms with Gasteiger partial charge in [-0.15, -0.1) is 0 Å². The quantitative estimate of drug-likeness (QED) is 0.699. The first-order valence-electron chi connectivity index (χ1n) is 9.62. The second-order valence-electron chi connectivity index (χ2n) is 7.42. The molecule has 0 radical (unpaired) electrons. The highest BCUT2D eigenvalue weighted by atomic mass is 16.5. The molecule has 4 heteroatoms. The summed E-state index contributed by atoms with van der Waals surface area (Å²) in [6, 6.07) is 16.4. The topological polar surface area (TPSA) is 43.3 Å². The molecule has 1 N–H and O–H groups in total. The van der Waals surface area contributed by atoms with E-state index < -0.39 is 0 Å². The van der Waals surface area contributed by atoms with Crippen LogP contribution in [0, 0.1) is 12.8 Å². The number of ether oxygens (including phenoxy) is 1. The predicted molar refractivity (Wildman–Crippen MR) is 108 cm³/mol. The van der Waals surface area contributed by atoms with Gasteiger partial charge in [0, 0.05) is 23.1 Å². The van der Waals surface area contributed by atoms with E-state index in [0.717, 1.165) is 26.1 Å². The smallest absolute Gasteiger partial charge is 0.337 e. The summed E-state index contributed by atoms with van der Waals surface area (Å²) in [5.41, 5.74) is 5.84. The van der Waals surface area contributed by atoms with E-state index in [1.54, 1.807) is 0 Å². The summed E-state index contributed by atoms with van der Waals surface area (Å²) < 4.78 is 7.28. The molecule has 0 spiro atoms. The molecule has 27 heavy (non-hydrogen) atoms. The van der Waals surface area contributed by atoms with Gasteiger partial charge < -0.3 is 14.6 Å². The van der Waals surface area contributed by atoms with Crippen molar-refractivity contribution in [2.24, 2.45) is 5.92 Å². The average Bonchev–Trinajstić information content (AvgIpc) is 3.31. The molecule has 0 aliphatic carbocycles. The van der Waals surface area contributed by atoms with Crippen LogP contribution in [0.3, 0.4) is 0 Å². The molecule has 2 heterocycles. The maximum atomic E-state index is 11.6. The molecule has 1 aliphatic rings. The summed E-state index contributed by atoms with van der Waals surface area (Å²) in [4.78, 5) is 11.6. The molecule has 1 unspecified atom stereocenters. The van der Waals surface area contributed by atoms with Crippen molar-refractivity contribution in [1.29, 1.82) is 0 Å². The number of carbonyl (C=O) groups is 1. The van der Waals surface area contributed by atoms with Crippen LogP contribution in [-0.2, 0) is 17.7 Å².